The molecule has 2 heterocycles. The predicted molar refractivity (Wildman–Crippen MR) is 44.2 cm³/mol. The van der Waals surface area contributed by atoms with Gasteiger partial charge in [-0.25, -0.2) is 0 Å². The van der Waals surface area contributed by atoms with Gasteiger partial charge in [-0.3, -0.25) is 0 Å². The van der Waals surface area contributed by atoms with Crippen LogP contribution in [-0.2, 0) is 11.6 Å². The van der Waals surface area contributed by atoms with Gasteiger partial charge in [-0.2, -0.15) is 13.2 Å². The SMILES string of the molecule is FC(F)(F)c1conc1C12CNCC1C2. The predicted octanol–water partition coefficient (Wildman–Crippen LogP) is 1.55. The maximum absolute atomic E-state index is 12.6. The van der Waals surface area contributed by atoms with Crippen LogP contribution in [-0.4, -0.2) is 18.2 Å². The van der Waals surface area contributed by atoms with Crippen LogP contribution in [0.25, 0.3) is 0 Å². The van der Waals surface area contributed by atoms with E-state index in [1.165, 1.54) is 0 Å². The average molecular weight is 218 g/mol. The molecule has 15 heavy (non-hydrogen) atoms. The van der Waals surface area contributed by atoms with Crippen LogP contribution >= 0.6 is 0 Å². The van der Waals surface area contributed by atoms with Gasteiger partial charge in [-0.05, 0) is 18.9 Å². The number of nitrogens with zero attached hydrogens (tertiary/aromatic N) is 1. The number of nitrogens with one attached hydrogen (secondary N) is 1. The van der Waals surface area contributed by atoms with Gasteiger partial charge in [0.25, 0.3) is 0 Å². The molecule has 2 unspecified atom stereocenters. The Morgan fingerprint density at radius 2 is 2.33 bits per heavy atom. The largest absolute Gasteiger partial charge is 0.421 e. The Bertz CT molecular complexity index is 400. The minimum Gasteiger partial charge on any atom is -0.364 e. The summed E-state index contributed by atoms with van der Waals surface area (Å²) in [5.41, 5.74) is -1.03. The molecule has 0 spiro atoms. The van der Waals surface area contributed by atoms with Gasteiger partial charge in [-0.15, -0.1) is 0 Å². The fraction of sp³-hybridized carbons (Fsp3) is 0.667. The number of rotatable bonds is 1. The molecule has 1 saturated carbocycles. The molecule has 1 aromatic rings. The first-order valence-corrected chi connectivity index (χ1v) is 4.77. The summed E-state index contributed by atoms with van der Waals surface area (Å²) < 4.78 is 42.3. The lowest BCUT2D eigenvalue weighted by molar-refractivity contribution is -0.138. The zero-order valence-electron chi connectivity index (χ0n) is 7.77. The Labute approximate surface area is 83.6 Å². The first-order chi connectivity index (χ1) is 7.04. The number of piperidine rings is 1. The summed E-state index contributed by atoms with van der Waals surface area (Å²) >= 11 is 0. The quantitative estimate of drug-likeness (QED) is 0.777. The van der Waals surface area contributed by atoms with E-state index >= 15 is 0 Å². The molecule has 0 amide bonds. The highest BCUT2D eigenvalue weighted by Crippen LogP contribution is 2.58. The third-order valence-corrected chi connectivity index (χ3v) is 3.41. The van der Waals surface area contributed by atoms with Crippen molar-refractivity contribution < 1.29 is 17.7 Å². The summed E-state index contributed by atoms with van der Waals surface area (Å²) in [5.74, 6) is 0.295. The van der Waals surface area contributed by atoms with Crippen molar-refractivity contribution in [3.05, 3.63) is 17.5 Å². The third-order valence-electron chi connectivity index (χ3n) is 3.41. The molecule has 1 N–H and O–H groups in total. The van der Waals surface area contributed by atoms with Gasteiger partial charge in [0.05, 0.1) is 0 Å². The van der Waals surface area contributed by atoms with Crippen LogP contribution in [0.3, 0.4) is 0 Å². The van der Waals surface area contributed by atoms with Gasteiger partial charge in [-0.1, -0.05) is 5.16 Å². The molecule has 2 aliphatic rings. The first kappa shape index (κ1) is 9.21. The zero-order chi connectivity index (χ0) is 10.7. The van der Waals surface area contributed by atoms with E-state index in [0.717, 1.165) is 13.0 Å². The Morgan fingerprint density at radius 3 is 2.87 bits per heavy atom. The maximum Gasteiger partial charge on any atom is 0.421 e. The van der Waals surface area contributed by atoms with Gasteiger partial charge >= 0.3 is 6.18 Å². The van der Waals surface area contributed by atoms with E-state index in [-0.39, 0.29) is 5.69 Å². The van der Waals surface area contributed by atoms with Crippen molar-refractivity contribution in [3.63, 3.8) is 0 Å². The van der Waals surface area contributed by atoms with Crippen molar-refractivity contribution in [1.29, 1.82) is 0 Å². The van der Waals surface area contributed by atoms with Crippen molar-refractivity contribution in [3.8, 4) is 0 Å². The second kappa shape index (κ2) is 2.55. The van der Waals surface area contributed by atoms with Crippen LogP contribution in [0.5, 0.6) is 0 Å². The van der Waals surface area contributed by atoms with Crippen molar-refractivity contribution in [2.75, 3.05) is 13.1 Å². The van der Waals surface area contributed by atoms with Crippen LogP contribution in [0.15, 0.2) is 10.8 Å². The van der Waals surface area contributed by atoms with E-state index in [0.29, 0.717) is 18.7 Å². The van der Waals surface area contributed by atoms with Gasteiger partial charge in [0.2, 0.25) is 0 Å². The third kappa shape index (κ3) is 1.14. The van der Waals surface area contributed by atoms with Crippen molar-refractivity contribution in [2.45, 2.75) is 18.0 Å². The van der Waals surface area contributed by atoms with Gasteiger partial charge in [0.15, 0.2) is 0 Å². The number of aromatic nitrogens is 1. The Balaban J connectivity index is 2.03. The molecule has 2 fully saturated rings. The summed E-state index contributed by atoms with van der Waals surface area (Å²) in [7, 11) is 0. The molecule has 6 heteroatoms. The molecule has 3 rings (SSSR count). The zero-order valence-corrected chi connectivity index (χ0v) is 7.77. The highest BCUT2D eigenvalue weighted by atomic mass is 19.4. The number of halogens is 3. The summed E-state index contributed by atoms with van der Waals surface area (Å²) in [6.45, 7) is 1.36. The highest BCUT2D eigenvalue weighted by Gasteiger charge is 2.62. The lowest BCUT2D eigenvalue weighted by atomic mass is 9.98. The summed E-state index contributed by atoms with van der Waals surface area (Å²) in [4.78, 5) is 0. The highest BCUT2D eigenvalue weighted by molar-refractivity contribution is 5.37. The standard InChI is InChI=1S/C9H9F3N2O/c10-9(11,12)6-3-15-14-7(6)8-1-5(8)2-13-4-8/h3,5,13H,1-2,4H2. The van der Waals surface area contributed by atoms with E-state index in [2.05, 4.69) is 15.0 Å². The van der Waals surface area contributed by atoms with Crippen molar-refractivity contribution in [1.82, 2.24) is 10.5 Å². The van der Waals surface area contributed by atoms with Gasteiger partial charge in [0, 0.05) is 12.0 Å². The number of fused-ring (bicyclic) bond motifs is 1. The van der Waals surface area contributed by atoms with Crippen LogP contribution in [0.4, 0.5) is 13.2 Å². The maximum atomic E-state index is 12.6. The van der Waals surface area contributed by atoms with E-state index in [1.807, 2.05) is 0 Å². The molecule has 0 aromatic carbocycles. The minimum absolute atomic E-state index is 0.0880. The monoisotopic (exact) mass is 218 g/mol. The van der Waals surface area contributed by atoms with E-state index in [4.69, 9.17) is 0 Å². The number of alkyl halides is 3. The molecule has 1 aromatic heterocycles. The Morgan fingerprint density at radius 1 is 1.53 bits per heavy atom. The fourth-order valence-corrected chi connectivity index (χ4v) is 2.50. The van der Waals surface area contributed by atoms with Crippen LogP contribution < -0.4 is 5.32 Å². The average Bonchev–Trinajstić information content (AvgIpc) is 2.62. The summed E-state index contributed by atoms with van der Waals surface area (Å²) in [6.07, 6.45) is -2.87. The van der Waals surface area contributed by atoms with Crippen molar-refractivity contribution >= 4 is 0 Å². The molecule has 1 saturated heterocycles. The van der Waals surface area contributed by atoms with E-state index < -0.39 is 17.2 Å². The molecule has 1 aliphatic carbocycles. The number of hydrogen-bond acceptors (Lipinski definition) is 3. The van der Waals surface area contributed by atoms with Crippen molar-refractivity contribution in [2.24, 2.45) is 5.92 Å². The molecular formula is C9H9F3N2O. The lowest BCUT2D eigenvalue weighted by Gasteiger charge is -2.11. The lowest BCUT2D eigenvalue weighted by Crippen LogP contribution is -2.22. The molecule has 1 aliphatic heterocycles. The van der Waals surface area contributed by atoms with Crippen LogP contribution in [0, 0.1) is 5.92 Å². The molecule has 3 nitrogen and oxygen atoms in total. The summed E-state index contributed by atoms with van der Waals surface area (Å²) in [6, 6.07) is 0. The first-order valence-electron chi connectivity index (χ1n) is 4.77. The van der Waals surface area contributed by atoms with Gasteiger partial charge in [0.1, 0.15) is 17.5 Å². The molecule has 0 radical (unpaired) electrons. The normalized spacial score (nSPS) is 34.2. The molecule has 0 bridgehead atoms. The smallest absolute Gasteiger partial charge is 0.364 e. The number of hydrogen-bond donors (Lipinski definition) is 1. The van der Waals surface area contributed by atoms with E-state index in [9.17, 15) is 13.2 Å². The van der Waals surface area contributed by atoms with Crippen LogP contribution in [0.1, 0.15) is 17.7 Å². The molecule has 2 atom stereocenters. The minimum atomic E-state index is -4.36. The molecule has 82 valence electrons. The fourth-order valence-electron chi connectivity index (χ4n) is 2.50. The second-order valence-corrected chi connectivity index (χ2v) is 4.26. The van der Waals surface area contributed by atoms with Gasteiger partial charge < -0.3 is 9.84 Å². The van der Waals surface area contributed by atoms with E-state index in [1.54, 1.807) is 0 Å². The molecular weight excluding hydrogens is 209 g/mol. The Hall–Kier alpha value is -1.04. The topological polar surface area (TPSA) is 38.1 Å². The second-order valence-electron chi connectivity index (χ2n) is 4.26. The summed E-state index contributed by atoms with van der Waals surface area (Å²) in [5, 5.41) is 6.62. The van der Waals surface area contributed by atoms with Crippen LogP contribution in [0.2, 0.25) is 0 Å². The Kier molecular flexibility index (Phi) is 1.57.